The van der Waals surface area contributed by atoms with Crippen molar-refractivity contribution < 1.29 is 29.3 Å². The number of benzene rings is 2. The van der Waals surface area contributed by atoms with Crippen molar-refractivity contribution in [2.75, 3.05) is 13.2 Å². The van der Waals surface area contributed by atoms with Gasteiger partial charge in [-0.2, -0.15) is 0 Å². The number of carboxylic acids is 2. The van der Waals surface area contributed by atoms with Crippen molar-refractivity contribution in [2.45, 2.75) is 63.2 Å². The average molecular weight is 475 g/mol. The Hall–Kier alpha value is -2.67. The molecule has 7 heteroatoms. The Morgan fingerprint density at radius 1 is 0.697 bits per heavy atom. The van der Waals surface area contributed by atoms with Gasteiger partial charge in [-0.25, -0.2) is 0 Å². The first-order valence-electron chi connectivity index (χ1n) is 11.1. The monoisotopic (exact) mass is 474 g/mol. The second kappa shape index (κ2) is 12.0. The summed E-state index contributed by atoms with van der Waals surface area (Å²) in [7, 11) is 0. The van der Waals surface area contributed by atoms with Crippen molar-refractivity contribution in [1.82, 2.24) is 0 Å². The van der Waals surface area contributed by atoms with Gasteiger partial charge in [0.25, 0.3) is 0 Å². The third kappa shape index (κ3) is 9.00. The van der Waals surface area contributed by atoms with E-state index in [1.54, 1.807) is 39.5 Å². The van der Waals surface area contributed by atoms with Crippen LogP contribution in [0.15, 0.2) is 58.3 Å². The van der Waals surface area contributed by atoms with Gasteiger partial charge in [0.2, 0.25) is 0 Å². The van der Waals surface area contributed by atoms with E-state index in [0.29, 0.717) is 38.9 Å². The Bertz CT molecular complexity index is 828. The lowest BCUT2D eigenvalue weighted by Gasteiger charge is -2.18. The van der Waals surface area contributed by atoms with Crippen LogP contribution < -0.4 is 9.47 Å². The molecule has 0 heterocycles. The minimum Gasteiger partial charge on any atom is -0.494 e. The maximum absolute atomic E-state index is 11.1. The summed E-state index contributed by atoms with van der Waals surface area (Å²) in [5.74, 6) is -0.0453. The molecule has 0 spiro atoms. The van der Waals surface area contributed by atoms with E-state index in [4.69, 9.17) is 19.7 Å². The van der Waals surface area contributed by atoms with Crippen LogP contribution in [0.25, 0.3) is 0 Å². The van der Waals surface area contributed by atoms with Crippen LogP contribution in [-0.2, 0) is 9.59 Å². The summed E-state index contributed by atoms with van der Waals surface area (Å²) < 4.78 is 11.5. The summed E-state index contributed by atoms with van der Waals surface area (Å²) in [6.07, 6.45) is 2.50. The Balaban J connectivity index is 1.74. The normalized spacial score (nSPS) is 11.8. The Labute approximate surface area is 200 Å². The molecule has 2 N–H and O–H groups in total. The molecule has 0 atom stereocenters. The maximum Gasteiger partial charge on any atom is 0.309 e. The molecule has 2 rings (SSSR count). The predicted octanol–water partition coefficient (Wildman–Crippen LogP) is 6.38. The van der Waals surface area contributed by atoms with Gasteiger partial charge in [-0.15, -0.1) is 0 Å². The molecule has 2 aromatic carbocycles. The fraction of sp³-hybridized carbons (Fsp3) is 0.462. The fourth-order valence-corrected chi connectivity index (χ4v) is 3.78. The van der Waals surface area contributed by atoms with E-state index in [-0.39, 0.29) is 0 Å². The molecular weight excluding hydrogens is 440 g/mol. The van der Waals surface area contributed by atoms with Crippen LogP contribution in [0.5, 0.6) is 11.5 Å². The minimum absolute atomic E-state index is 0.485. The summed E-state index contributed by atoms with van der Waals surface area (Å²) in [5, 5.41) is 18.3. The van der Waals surface area contributed by atoms with Crippen molar-refractivity contribution in [1.29, 1.82) is 0 Å². The highest BCUT2D eigenvalue weighted by molar-refractivity contribution is 7.99. The first-order chi connectivity index (χ1) is 15.5. The van der Waals surface area contributed by atoms with E-state index >= 15 is 0 Å². The number of hydrogen-bond acceptors (Lipinski definition) is 5. The van der Waals surface area contributed by atoms with E-state index in [9.17, 15) is 9.59 Å². The SMILES string of the molecule is CC(C)(CCCOc1ccc(Sc2ccc(OCCCC(C)(C)C(=O)O)cc2)cc1)C(=O)O. The van der Waals surface area contributed by atoms with E-state index in [1.807, 2.05) is 48.5 Å². The van der Waals surface area contributed by atoms with Crippen molar-refractivity contribution in [3.8, 4) is 11.5 Å². The molecule has 0 radical (unpaired) electrons. The number of carboxylic acid groups (broad SMARTS) is 2. The summed E-state index contributed by atoms with van der Waals surface area (Å²) in [6.45, 7) is 7.87. The van der Waals surface area contributed by atoms with Crippen molar-refractivity contribution in [2.24, 2.45) is 10.8 Å². The van der Waals surface area contributed by atoms with Gasteiger partial charge in [0.1, 0.15) is 11.5 Å². The Morgan fingerprint density at radius 2 is 1.03 bits per heavy atom. The quantitative estimate of drug-likeness (QED) is 0.307. The molecule has 0 unspecified atom stereocenters. The molecule has 0 aliphatic carbocycles. The summed E-state index contributed by atoms with van der Waals surface area (Å²) in [6, 6.07) is 15.7. The molecule has 0 bridgehead atoms. The second-order valence-corrected chi connectivity index (χ2v) is 10.5. The summed E-state index contributed by atoms with van der Waals surface area (Å²) in [5.41, 5.74) is -1.47. The maximum atomic E-state index is 11.1. The number of rotatable bonds is 14. The summed E-state index contributed by atoms with van der Waals surface area (Å²) in [4.78, 5) is 24.4. The molecule has 0 aliphatic heterocycles. The first kappa shape index (κ1) is 26.6. The van der Waals surface area contributed by atoms with Crippen molar-refractivity contribution in [3.05, 3.63) is 48.5 Å². The molecule has 0 saturated heterocycles. The Morgan fingerprint density at radius 3 is 1.33 bits per heavy atom. The zero-order valence-electron chi connectivity index (χ0n) is 19.8. The largest absolute Gasteiger partial charge is 0.494 e. The number of ether oxygens (including phenoxy) is 2. The van der Waals surface area contributed by atoms with Crippen LogP contribution in [0.4, 0.5) is 0 Å². The molecule has 33 heavy (non-hydrogen) atoms. The molecule has 0 aromatic heterocycles. The van der Waals surface area contributed by atoms with Crippen LogP contribution in [-0.4, -0.2) is 35.4 Å². The van der Waals surface area contributed by atoms with Gasteiger partial charge >= 0.3 is 11.9 Å². The Kier molecular flexibility index (Phi) is 9.65. The van der Waals surface area contributed by atoms with Crippen LogP contribution in [0, 0.1) is 10.8 Å². The van der Waals surface area contributed by atoms with Gasteiger partial charge in [-0.05, 0) is 102 Å². The van der Waals surface area contributed by atoms with Crippen molar-refractivity contribution in [3.63, 3.8) is 0 Å². The van der Waals surface area contributed by atoms with Crippen molar-refractivity contribution >= 4 is 23.7 Å². The van der Waals surface area contributed by atoms with Gasteiger partial charge in [0, 0.05) is 9.79 Å². The first-order valence-corrected chi connectivity index (χ1v) is 11.9. The van der Waals surface area contributed by atoms with E-state index in [0.717, 1.165) is 21.3 Å². The highest BCUT2D eigenvalue weighted by Crippen LogP contribution is 2.31. The lowest BCUT2D eigenvalue weighted by atomic mass is 9.88. The third-order valence-corrected chi connectivity index (χ3v) is 6.49. The topological polar surface area (TPSA) is 93.1 Å². The lowest BCUT2D eigenvalue weighted by Crippen LogP contribution is -2.24. The van der Waals surface area contributed by atoms with Crippen LogP contribution in [0.1, 0.15) is 53.4 Å². The van der Waals surface area contributed by atoms with E-state index in [2.05, 4.69) is 0 Å². The van der Waals surface area contributed by atoms with E-state index < -0.39 is 22.8 Å². The number of hydrogen-bond donors (Lipinski definition) is 2. The predicted molar refractivity (Wildman–Crippen MR) is 129 cm³/mol. The number of aliphatic carboxylic acids is 2. The van der Waals surface area contributed by atoms with E-state index in [1.165, 1.54) is 0 Å². The second-order valence-electron chi connectivity index (χ2n) is 9.33. The fourth-order valence-electron chi connectivity index (χ4n) is 2.97. The van der Waals surface area contributed by atoms with Gasteiger partial charge in [0.05, 0.1) is 24.0 Å². The molecule has 0 saturated carbocycles. The summed E-state index contributed by atoms with van der Waals surface area (Å²) >= 11 is 1.63. The van der Waals surface area contributed by atoms with Gasteiger partial charge in [-0.1, -0.05) is 11.8 Å². The standard InChI is InChI=1S/C26H34O6S/c1-25(2,23(27)28)15-5-17-31-19-7-11-21(12-8-19)33-22-13-9-20(10-14-22)32-18-6-16-26(3,4)24(29)30/h7-14H,5-6,15-18H2,1-4H3,(H,27,28)(H,29,30). The zero-order valence-corrected chi connectivity index (χ0v) is 20.6. The van der Waals surface area contributed by atoms with Gasteiger partial charge < -0.3 is 19.7 Å². The smallest absolute Gasteiger partial charge is 0.309 e. The molecule has 0 amide bonds. The molecule has 6 nitrogen and oxygen atoms in total. The highest BCUT2D eigenvalue weighted by Gasteiger charge is 2.26. The van der Waals surface area contributed by atoms with Crippen LogP contribution in [0.2, 0.25) is 0 Å². The molecule has 180 valence electrons. The minimum atomic E-state index is -0.789. The molecule has 0 fully saturated rings. The van der Waals surface area contributed by atoms with Crippen LogP contribution >= 0.6 is 11.8 Å². The average Bonchev–Trinajstić information content (AvgIpc) is 2.76. The van der Waals surface area contributed by atoms with Gasteiger partial charge in [-0.3, -0.25) is 9.59 Å². The lowest BCUT2D eigenvalue weighted by molar-refractivity contribution is -0.148. The molecular formula is C26H34O6S. The number of carbonyl (C=O) groups is 2. The molecule has 0 aliphatic rings. The van der Waals surface area contributed by atoms with Gasteiger partial charge in [0.15, 0.2) is 0 Å². The third-order valence-electron chi connectivity index (χ3n) is 5.47. The highest BCUT2D eigenvalue weighted by atomic mass is 32.2. The molecule has 2 aromatic rings. The van der Waals surface area contributed by atoms with Crippen LogP contribution in [0.3, 0.4) is 0 Å². The zero-order chi connectivity index (χ0) is 24.5.